The van der Waals surface area contributed by atoms with Crippen molar-refractivity contribution in [1.29, 1.82) is 5.26 Å². The van der Waals surface area contributed by atoms with Crippen LogP contribution in [0, 0.1) is 23.0 Å². The van der Waals surface area contributed by atoms with Crippen LogP contribution in [0.5, 0.6) is 6.01 Å². The monoisotopic (exact) mass is 806 g/mol. The summed E-state index contributed by atoms with van der Waals surface area (Å²) in [5, 5.41) is 11.8. The van der Waals surface area contributed by atoms with Gasteiger partial charge in [-0.15, -0.1) is 11.3 Å². The van der Waals surface area contributed by atoms with Gasteiger partial charge in [-0.3, -0.25) is 4.90 Å². The lowest BCUT2D eigenvalue weighted by Gasteiger charge is -2.40. The summed E-state index contributed by atoms with van der Waals surface area (Å²) < 4.78 is 95.6. The maximum atomic E-state index is 15.9. The molecule has 302 valence electrons. The van der Waals surface area contributed by atoms with Crippen LogP contribution in [0.4, 0.5) is 42.0 Å². The Balaban J connectivity index is 0.000000186. The Bertz CT molecular complexity index is 2090. The number of halogens is 6. The first-order valence-corrected chi connectivity index (χ1v) is 19.4. The number of methoxy groups -OCH3 is 1. The van der Waals surface area contributed by atoms with Gasteiger partial charge >= 0.3 is 18.2 Å². The third-order valence-corrected chi connectivity index (χ3v) is 11.3. The third-order valence-electron chi connectivity index (χ3n) is 10.3. The molecule has 56 heavy (non-hydrogen) atoms. The Hall–Kier alpha value is -4.60. The first kappa shape index (κ1) is 41.0. The van der Waals surface area contributed by atoms with E-state index in [0.717, 1.165) is 76.8 Å². The number of nitriles is 1. The largest absolute Gasteiger partial charge is 0.467 e. The van der Waals surface area contributed by atoms with E-state index in [0.29, 0.717) is 23.9 Å². The molecule has 2 atom stereocenters. The Morgan fingerprint density at radius 1 is 1.09 bits per heavy atom. The number of nitrogens with zero attached hydrogens (tertiary/aromatic N) is 6. The number of carbonyl (C=O) groups is 1. The molecule has 6 heterocycles. The number of hydrogen-bond donors (Lipinski definition) is 2. The van der Waals surface area contributed by atoms with Crippen molar-refractivity contribution in [3.05, 3.63) is 41.0 Å². The van der Waals surface area contributed by atoms with Crippen molar-refractivity contribution in [3.8, 4) is 23.2 Å². The Kier molecular flexibility index (Phi) is 12.7. The van der Waals surface area contributed by atoms with Gasteiger partial charge in [-0.2, -0.15) is 28.4 Å². The molecule has 2 amide bonds. The van der Waals surface area contributed by atoms with Gasteiger partial charge in [-0.05, 0) is 70.2 Å². The summed E-state index contributed by atoms with van der Waals surface area (Å²) >= 11 is 0.698. The fraction of sp³-hybridized carbons (Fsp3) is 0.526. The number of nitrogen functional groups attached to an aromatic ring is 1. The number of likely N-dealkylation sites (tertiary alicyclic amines) is 2. The number of nitrogens with one attached hydrogen (secondary N) is 1. The molecule has 4 aliphatic heterocycles. The Morgan fingerprint density at radius 3 is 2.45 bits per heavy atom. The highest BCUT2D eigenvalue weighted by molar-refractivity contribution is 7.23. The van der Waals surface area contributed by atoms with Crippen LogP contribution >= 0.6 is 11.3 Å². The summed E-state index contributed by atoms with van der Waals surface area (Å²) in [6.45, 7) is 10.0. The van der Waals surface area contributed by atoms with E-state index in [-0.39, 0.29) is 62.1 Å². The quantitative estimate of drug-likeness (QED) is 0.187. The van der Waals surface area contributed by atoms with Crippen molar-refractivity contribution >= 4 is 49.2 Å². The molecule has 4 fully saturated rings. The van der Waals surface area contributed by atoms with Gasteiger partial charge in [0.1, 0.15) is 34.4 Å². The molecule has 0 radical (unpaired) electrons. The van der Waals surface area contributed by atoms with Crippen molar-refractivity contribution in [2.75, 3.05) is 70.6 Å². The lowest BCUT2D eigenvalue weighted by Crippen LogP contribution is -2.58. The summed E-state index contributed by atoms with van der Waals surface area (Å²) in [4.78, 5) is 25.8. The van der Waals surface area contributed by atoms with Crippen LogP contribution in [0.25, 0.3) is 32.1 Å². The predicted molar refractivity (Wildman–Crippen MR) is 202 cm³/mol. The second-order valence-corrected chi connectivity index (χ2v) is 15.0. The van der Waals surface area contributed by atoms with E-state index >= 15 is 4.39 Å². The van der Waals surface area contributed by atoms with Gasteiger partial charge in [0.15, 0.2) is 5.82 Å². The maximum Gasteiger partial charge on any atom is 0.417 e. The summed E-state index contributed by atoms with van der Waals surface area (Å²) in [6, 6.07) is 4.96. The summed E-state index contributed by atoms with van der Waals surface area (Å²) in [5.74, 6) is -2.15. The number of anilines is 2. The molecule has 3 N–H and O–H groups in total. The van der Waals surface area contributed by atoms with Gasteiger partial charge in [0.2, 0.25) is 0 Å². The van der Waals surface area contributed by atoms with Crippen LogP contribution in [0.2, 0.25) is 0 Å². The molecule has 4 aromatic rings. The minimum atomic E-state index is -5.00. The maximum absolute atomic E-state index is 15.9. The van der Waals surface area contributed by atoms with Crippen LogP contribution in [-0.2, 0) is 10.9 Å². The van der Waals surface area contributed by atoms with Gasteiger partial charge in [-0.25, -0.2) is 18.0 Å². The third kappa shape index (κ3) is 8.40. The minimum Gasteiger partial charge on any atom is -0.467 e. The number of aromatic nitrogens is 2. The summed E-state index contributed by atoms with van der Waals surface area (Å²) in [6.07, 6.45) is 0.422. The van der Waals surface area contributed by atoms with Crippen molar-refractivity contribution in [1.82, 2.24) is 24.7 Å². The van der Waals surface area contributed by atoms with Gasteiger partial charge in [-0.1, -0.05) is 6.07 Å². The van der Waals surface area contributed by atoms with Crippen LogP contribution in [0.3, 0.4) is 0 Å². The molecule has 2 unspecified atom stereocenters. The number of alkyl halides is 4. The number of urea groups is 1. The number of ether oxygens (including phenoxy) is 2. The lowest BCUT2D eigenvalue weighted by molar-refractivity contribution is -0.137. The smallest absolute Gasteiger partial charge is 0.417 e. The normalized spacial score (nSPS) is 19.6. The zero-order valence-electron chi connectivity index (χ0n) is 31.3. The van der Waals surface area contributed by atoms with Gasteiger partial charge < -0.3 is 30.3 Å². The average molecular weight is 807 g/mol. The molecule has 2 aromatic heterocycles. The second-order valence-electron chi connectivity index (χ2n) is 13.9. The van der Waals surface area contributed by atoms with Crippen LogP contribution in [0.1, 0.15) is 57.1 Å². The summed E-state index contributed by atoms with van der Waals surface area (Å²) in [5.41, 5.74) is 2.59. The lowest BCUT2D eigenvalue weighted by atomic mass is 9.92. The number of fused-ring (bicyclic) bond motifs is 3. The first-order valence-electron chi connectivity index (χ1n) is 18.6. The minimum absolute atomic E-state index is 0.0444. The topological polar surface area (TPSA) is 133 Å². The van der Waals surface area contributed by atoms with Gasteiger partial charge in [0.25, 0.3) is 0 Å². The van der Waals surface area contributed by atoms with Crippen molar-refractivity contribution < 1.29 is 40.6 Å². The number of benzene rings is 2. The molecule has 0 bridgehead atoms. The summed E-state index contributed by atoms with van der Waals surface area (Å²) in [7, 11) is 1.23. The van der Waals surface area contributed by atoms with E-state index in [2.05, 4.69) is 20.2 Å². The molecule has 0 spiro atoms. The van der Waals surface area contributed by atoms with E-state index in [4.69, 9.17) is 15.2 Å². The molecular weight excluding hydrogens is 763 g/mol. The van der Waals surface area contributed by atoms with Gasteiger partial charge in [0, 0.05) is 55.2 Å². The molecular formula is C38H44F6N8O3S. The number of thiophene rings is 1. The number of rotatable bonds is 6. The molecule has 2 aromatic carbocycles. The molecule has 0 saturated carbocycles. The fourth-order valence-corrected chi connectivity index (χ4v) is 8.61. The number of carbonyl (C=O) groups excluding carboxylic acids is 1. The number of amides is 2. The van der Waals surface area contributed by atoms with E-state index in [1.165, 1.54) is 20.0 Å². The number of nitrogens with two attached hydrogens (primary N) is 1. The number of hydrogen-bond acceptors (Lipinski definition) is 10. The predicted octanol–water partition coefficient (Wildman–Crippen LogP) is 7.82. The first-order chi connectivity index (χ1) is 26.8. The Labute approximate surface area is 324 Å². The molecule has 18 heteroatoms. The molecule has 4 aliphatic rings. The van der Waals surface area contributed by atoms with E-state index in [1.54, 1.807) is 13.0 Å². The van der Waals surface area contributed by atoms with Crippen molar-refractivity contribution in [3.63, 3.8) is 0 Å². The van der Waals surface area contributed by atoms with E-state index in [9.17, 15) is 32.0 Å². The van der Waals surface area contributed by atoms with Crippen LogP contribution < -0.4 is 15.8 Å². The average Bonchev–Trinajstić information content (AvgIpc) is 3.96. The molecule has 8 rings (SSSR count). The Morgan fingerprint density at radius 2 is 1.82 bits per heavy atom. The van der Waals surface area contributed by atoms with Crippen molar-refractivity contribution in [2.24, 2.45) is 0 Å². The fourth-order valence-electron chi connectivity index (χ4n) is 7.67. The van der Waals surface area contributed by atoms with Crippen LogP contribution in [0.15, 0.2) is 18.2 Å². The standard InChI is InChI=1S/C21H14F5N5OS.C10H18N2O2.C7H12FN/c1-3-29-19-9-6-11(21(24,25)26)14(15(23)16(9)30-20(31-19)32-2)8-4-5-12(22)17-13(8)10(7-27)18(28)33-17;1-2-14-9-7-12(8-9)10(13)11-5-3-4-6-11;8-6-4-7-2-1-3-9(7)5-6/h4-6H,3,28H2,1-2H3,(H,29,30,31);9H,2-8H2,1H3;6-7H,1-5H2. The highest BCUT2D eigenvalue weighted by Gasteiger charge is 2.39. The highest BCUT2D eigenvalue weighted by Crippen LogP contribution is 2.47. The van der Waals surface area contributed by atoms with E-state index in [1.807, 2.05) is 16.7 Å². The van der Waals surface area contributed by atoms with Crippen LogP contribution in [-0.4, -0.2) is 109 Å². The SMILES string of the molecule is CCNc1nc(OC)nc2c(F)c(-c3ccc(F)c4sc(N)c(C#N)c34)c(C(F)(F)F)cc12.CCOC1CN(C(=O)N2CCCC2)C1.FC1CC2CCCN2C1. The van der Waals surface area contributed by atoms with Gasteiger partial charge in [0.05, 0.1) is 42.1 Å². The molecule has 0 aliphatic carbocycles. The zero-order chi connectivity index (χ0) is 40.3. The van der Waals surface area contributed by atoms with Crippen molar-refractivity contribution in [2.45, 2.75) is 70.4 Å². The highest BCUT2D eigenvalue weighted by atomic mass is 32.1. The molecule has 4 saturated heterocycles. The van der Waals surface area contributed by atoms with E-state index < -0.39 is 40.6 Å². The molecule has 11 nitrogen and oxygen atoms in total. The second kappa shape index (κ2) is 17.3. The zero-order valence-corrected chi connectivity index (χ0v) is 32.1.